The van der Waals surface area contributed by atoms with Crippen molar-refractivity contribution in [1.82, 2.24) is 4.90 Å². The standard InChI is InChI=1S/C18H21NO6/c1-10(20)25-14-5-4-6-18(14,17(23)24-3)9-11-7-12-13(8-11)16(22)19(2)15(12)21/h4-5,11,14H,6-9H2,1-3H3/t14-,18+/m1/s1. The van der Waals surface area contributed by atoms with Gasteiger partial charge < -0.3 is 9.47 Å². The van der Waals surface area contributed by atoms with E-state index in [0.29, 0.717) is 36.8 Å². The number of hydrogen-bond donors (Lipinski definition) is 0. The molecule has 0 fully saturated rings. The summed E-state index contributed by atoms with van der Waals surface area (Å²) in [5, 5.41) is 0. The summed E-state index contributed by atoms with van der Waals surface area (Å²) >= 11 is 0. The molecule has 1 aliphatic heterocycles. The third kappa shape index (κ3) is 2.67. The molecule has 2 amide bonds. The molecule has 0 aromatic carbocycles. The maximum Gasteiger partial charge on any atom is 0.316 e. The number of hydrogen-bond acceptors (Lipinski definition) is 6. The van der Waals surface area contributed by atoms with E-state index in [4.69, 9.17) is 9.47 Å². The van der Waals surface area contributed by atoms with Gasteiger partial charge in [0.25, 0.3) is 11.8 Å². The molecule has 0 saturated carbocycles. The van der Waals surface area contributed by atoms with E-state index in [1.807, 2.05) is 6.08 Å². The first-order valence-corrected chi connectivity index (χ1v) is 8.27. The van der Waals surface area contributed by atoms with Gasteiger partial charge in [0.1, 0.15) is 11.5 Å². The topological polar surface area (TPSA) is 90.0 Å². The number of methoxy groups -OCH3 is 1. The van der Waals surface area contributed by atoms with Crippen molar-refractivity contribution in [2.45, 2.75) is 38.7 Å². The number of ether oxygens (including phenoxy) is 2. The molecule has 7 heteroatoms. The second-order valence-electron chi connectivity index (χ2n) is 6.91. The Morgan fingerprint density at radius 1 is 1.24 bits per heavy atom. The molecule has 0 aromatic rings. The molecule has 0 bridgehead atoms. The van der Waals surface area contributed by atoms with Crippen LogP contribution < -0.4 is 0 Å². The predicted molar refractivity (Wildman–Crippen MR) is 85.9 cm³/mol. The molecule has 7 nitrogen and oxygen atoms in total. The van der Waals surface area contributed by atoms with E-state index in [9.17, 15) is 19.2 Å². The Balaban J connectivity index is 1.80. The van der Waals surface area contributed by atoms with Crippen LogP contribution in [-0.2, 0) is 28.7 Å². The van der Waals surface area contributed by atoms with Gasteiger partial charge in [0, 0.05) is 25.1 Å². The normalized spacial score (nSPS) is 28.8. The van der Waals surface area contributed by atoms with Gasteiger partial charge in [-0.15, -0.1) is 0 Å². The second kappa shape index (κ2) is 6.13. The third-order valence-corrected chi connectivity index (χ3v) is 5.35. The summed E-state index contributed by atoms with van der Waals surface area (Å²) in [5.74, 6) is -1.45. The van der Waals surface area contributed by atoms with Crippen molar-refractivity contribution in [3.63, 3.8) is 0 Å². The summed E-state index contributed by atoms with van der Waals surface area (Å²) in [7, 11) is 2.79. The molecule has 3 aliphatic rings. The highest BCUT2D eigenvalue weighted by Crippen LogP contribution is 2.48. The Morgan fingerprint density at radius 3 is 2.36 bits per heavy atom. The summed E-state index contributed by atoms with van der Waals surface area (Å²) in [6.45, 7) is 1.30. The first kappa shape index (κ1) is 17.4. The van der Waals surface area contributed by atoms with Crippen molar-refractivity contribution in [2.24, 2.45) is 11.3 Å². The Kier molecular flexibility index (Phi) is 4.26. The molecule has 0 saturated heterocycles. The van der Waals surface area contributed by atoms with E-state index in [2.05, 4.69) is 0 Å². The zero-order valence-electron chi connectivity index (χ0n) is 14.5. The van der Waals surface area contributed by atoms with Crippen LogP contribution in [0.1, 0.15) is 32.6 Å². The molecule has 2 aliphatic carbocycles. The molecule has 0 aromatic heterocycles. The van der Waals surface area contributed by atoms with Crippen molar-refractivity contribution in [1.29, 1.82) is 0 Å². The number of carbonyl (C=O) groups is 4. The van der Waals surface area contributed by atoms with Crippen LogP contribution in [-0.4, -0.2) is 48.9 Å². The number of esters is 2. The van der Waals surface area contributed by atoms with Crippen molar-refractivity contribution in [2.75, 3.05) is 14.2 Å². The van der Waals surface area contributed by atoms with Crippen molar-refractivity contribution < 1.29 is 28.7 Å². The van der Waals surface area contributed by atoms with Crippen molar-refractivity contribution in [3.05, 3.63) is 23.3 Å². The summed E-state index contributed by atoms with van der Waals surface area (Å²) in [6.07, 6.45) is 4.53. The number of likely N-dealkylation sites (tertiary alicyclic amines) is 1. The minimum absolute atomic E-state index is 0.0383. The molecular formula is C18H21NO6. The Morgan fingerprint density at radius 2 is 1.84 bits per heavy atom. The van der Waals surface area contributed by atoms with Gasteiger partial charge in [-0.3, -0.25) is 24.1 Å². The van der Waals surface area contributed by atoms with Gasteiger partial charge in [-0.2, -0.15) is 0 Å². The maximum atomic E-state index is 12.5. The van der Waals surface area contributed by atoms with Crippen LogP contribution in [0.3, 0.4) is 0 Å². The lowest BCUT2D eigenvalue weighted by atomic mass is 9.74. The Hall–Kier alpha value is -2.44. The van der Waals surface area contributed by atoms with E-state index in [1.165, 1.54) is 21.1 Å². The SMILES string of the molecule is COC(=O)[C@]1(CC2CC3=C(C2)C(=O)N(C)C3=O)CC=C[C@H]1OC(C)=O. The fourth-order valence-electron chi connectivity index (χ4n) is 4.20. The molecular weight excluding hydrogens is 326 g/mol. The zero-order valence-corrected chi connectivity index (χ0v) is 14.5. The van der Waals surface area contributed by atoms with Crippen LogP contribution >= 0.6 is 0 Å². The van der Waals surface area contributed by atoms with Gasteiger partial charge in [0.15, 0.2) is 0 Å². The lowest BCUT2D eigenvalue weighted by molar-refractivity contribution is -0.167. The van der Waals surface area contributed by atoms with Crippen LogP contribution in [0.5, 0.6) is 0 Å². The highest BCUT2D eigenvalue weighted by molar-refractivity contribution is 6.19. The summed E-state index contributed by atoms with van der Waals surface area (Å²) in [4.78, 5) is 49.3. The molecule has 25 heavy (non-hydrogen) atoms. The number of likely N-dealkylation sites (N-methyl/N-ethyl adjacent to an activating group) is 1. The number of rotatable bonds is 4. The van der Waals surface area contributed by atoms with Crippen LogP contribution in [0.4, 0.5) is 0 Å². The van der Waals surface area contributed by atoms with Gasteiger partial charge in [-0.1, -0.05) is 6.08 Å². The summed E-state index contributed by atoms with van der Waals surface area (Å²) in [6, 6.07) is 0. The van der Waals surface area contributed by atoms with Gasteiger partial charge in [-0.05, 0) is 37.7 Å². The van der Waals surface area contributed by atoms with Crippen molar-refractivity contribution >= 4 is 23.8 Å². The molecule has 0 radical (unpaired) electrons. The average Bonchev–Trinajstić information content (AvgIpc) is 3.21. The van der Waals surface area contributed by atoms with Crippen LogP contribution in [0, 0.1) is 11.3 Å². The zero-order chi connectivity index (χ0) is 18.4. The molecule has 0 spiro atoms. The van der Waals surface area contributed by atoms with Crippen molar-refractivity contribution in [3.8, 4) is 0 Å². The number of nitrogens with zero attached hydrogens (tertiary/aromatic N) is 1. The highest BCUT2D eigenvalue weighted by atomic mass is 16.6. The summed E-state index contributed by atoms with van der Waals surface area (Å²) < 4.78 is 10.3. The van der Waals surface area contributed by atoms with Gasteiger partial charge >= 0.3 is 11.9 Å². The third-order valence-electron chi connectivity index (χ3n) is 5.35. The molecule has 0 N–H and O–H groups in total. The Labute approximate surface area is 145 Å². The first-order valence-electron chi connectivity index (χ1n) is 8.27. The van der Waals surface area contributed by atoms with Gasteiger partial charge in [0.2, 0.25) is 0 Å². The van der Waals surface area contributed by atoms with Gasteiger partial charge in [0.05, 0.1) is 7.11 Å². The van der Waals surface area contributed by atoms with Gasteiger partial charge in [-0.25, -0.2) is 0 Å². The first-order chi connectivity index (χ1) is 11.8. The van der Waals surface area contributed by atoms with Crippen LogP contribution in [0.25, 0.3) is 0 Å². The quantitative estimate of drug-likeness (QED) is 0.430. The molecule has 3 rings (SSSR count). The van der Waals surface area contributed by atoms with E-state index >= 15 is 0 Å². The number of allylic oxidation sites excluding steroid dienone is 1. The summed E-state index contributed by atoms with van der Waals surface area (Å²) in [5.41, 5.74) is 0.100. The fourth-order valence-corrected chi connectivity index (χ4v) is 4.20. The number of carbonyl (C=O) groups excluding carboxylic acids is 4. The van der Waals surface area contributed by atoms with E-state index in [-0.39, 0.29) is 17.7 Å². The largest absolute Gasteiger partial charge is 0.468 e. The fraction of sp³-hybridized carbons (Fsp3) is 0.556. The lowest BCUT2D eigenvalue weighted by Gasteiger charge is -2.34. The van der Waals surface area contributed by atoms with E-state index in [1.54, 1.807) is 6.08 Å². The number of imide groups is 1. The van der Waals surface area contributed by atoms with Crippen LogP contribution in [0.2, 0.25) is 0 Å². The Bertz CT molecular complexity index is 693. The molecule has 1 heterocycles. The van der Waals surface area contributed by atoms with Crippen LogP contribution in [0.15, 0.2) is 23.3 Å². The smallest absolute Gasteiger partial charge is 0.316 e. The van der Waals surface area contributed by atoms with E-state index in [0.717, 1.165) is 4.90 Å². The van der Waals surface area contributed by atoms with E-state index < -0.39 is 23.5 Å². The highest BCUT2D eigenvalue weighted by Gasteiger charge is 2.53. The minimum Gasteiger partial charge on any atom is -0.468 e. The molecule has 2 atom stereocenters. The molecule has 0 unspecified atom stereocenters. The molecule has 134 valence electrons. The minimum atomic E-state index is -0.997. The monoisotopic (exact) mass is 347 g/mol. The maximum absolute atomic E-state index is 12.5. The number of amides is 2. The average molecular weight is 347 g/mol. The predicted octanol–water partition coefficient (Wildman–Crippen LogP) is 1.13. The second-order valence-corrected chi connectivity index (χ2v) is 6.91. The lowest BCUT2D eigenvalue weighted by Crippen LogP contribution is -2.43.